The summed E-state index contributed by atoms with van der Waals surface area (Å²) in [4.78, 5) is 19.5. The Balaban J connectivity index is 1.81. The van der Waals surface area contributed by atoms with Crippen molar-refractivity contribution in [3.63, 3.8) is 0 Å². The fourth-order valence-electron chi connectivity index (χ4n) is 2.35. The van der Waals surface area contributed by atoms with E-state index in [0.29, 0.717) is 12.6 Å². The Bertz CT molecular complexity index is 482. The topological polar surface area (TPSA) is 54.5 Å². The summed E-state index contributed by atoms with van der Waals surface area (Å²) in [7, 11) is 0. The lowest BCUT2D eigenvalue weighted by Crippen LogP contribution is -2.49. The van der Waals surface area contributed by atoms with Gasteiger partial charge in [-0.15, -0.1) is 11.3 Å². The van der Waals surface area contributed by atoms with Crippen molar-refractivity contribution in [2.24, 2.45) is 0 Å². The smallest absolute Gasteiger partial charge is 0.410 e. The third kappa shape index (κ3) is 5.28. The van der Waals surface area contributed by atoms with Gasteiger partial charge in [0, 0.05) is 36.8 Å². The zero-order valence-electron chi connectivity index (χ0n) is 13.3. The van der Waals surface area contributed by atoms with Crippen LogP contribution in [-0.2, 0) is 11.3 Å². The molecule has 1 aliphatic heterocycles. The molecule has 1 atom stereocenters. The van der Waals surface area contributed by atoms with Crippen molar-refractivity contribution >= 4 is 17.4 Å². The minimum atomic E-state index is -0.435. The molecule has 1 aromatic heterocycles. The molecule has 1 amide bonds. The van der Waals surface area contributed by atoms with Crippen LogP contribution in [-0.4, -0.2) is 40.7 Å². The Hall–Kier alpha value is -1.14. The summed E-state index contributed by atoms with van der Waals surface area (Å²) in [6.07, 6.45) is 3.78. The molecule has 2 heterocycles. The van der Waals surface area contributed by atoms with Gasteiger partial charge in [0.15, 0.2) is 0 Å². The van der Waals surface area contributed by atoms with Gasteiger partial charge in [-0.25, -0.2) is 9.78 Å². The molecule has 0 radical (unpaired) electrons. The van der Waals surface area contributed by atoms with Gasteiger partial charge in [-0.3, -0.25) is 0 Å². The SMILES string of the molecule is Cc1cnc(CNC2CCCN(C(=O)OC(C)(C)C)C2)s1. The summed E-state index contributed by atoms with van der Waals surface area (Å²) < 4.78 is 5.44. The normalized spacial score (nSPS) is 19.6. The average molecular weight is 311 g/mol. The van der Waals surface area contributed by atoms with E-state index < -0.39 is 5.60 Å². The lowest BCUT2D eigenvalue weighted by Gasteiger charge is -2.34. The summed E-state index contributed by atoms with van der Waals surface area (Å²) in [6, 6.07) is 0.315. The Kier molecular flexibility index (Phi) is 5.22. The van der Waals surface area contributed by atoms with Gasteiger partial charge in [-0.05, 0) is 40.5 Å². The van der Waals surface area contributed by atoms with Crippen molar-refractivity contribution in [2.75, 3.05) is 13.1 Å². The van der Waals surface area contributed by atoms with Crippen molar-refractivity contribution in [1.82, 2.24) is 15.2 Å². The number of nitrogens with zero attached hydrogens (tertiary/aromatic N) is 2. The number of amides is 1. The first-order chi connectivity index (χ1) is 9.83. The average Bonchev–Trinajstić information content (AvgIpc) is 2.81. The molecule has 1 N–H and O–H groups in total. The summed E-state index contributed by atoms with van der Waals surface area (Å²) in [5.74, 6) is 0. The molecule has 5 nitrogen and oxygen atoms in total. The van der Waals surface area contributed by atoms with Crippen LogP contribution in [0.5, 0.6) is 0 Å². The van der Waals surface area contributed by atoms with Crippen molar-refractivity contribution in [2.45, 2.75) is 58.7 Å². The summed E-state index contributed by atoms with van der Waals surface area (Å²) in [6.45, 7) is 10.0. The van der Waals surface area contributed by atoms with Crippen LogP contribution in [0.15, 0.2) is 6.20 Å². The van der Waals surface area contributed by atoms with E-state index in [-0.39, 0.29) is 6.09 Å². The number of piperidine rings is 1. The Morgan fingerprint density at radius 3 is 2.95 bits per heavy atom. The number of thiazole rings is 1. The van der Waals surface area contributed by atoms with Gasteiger partial charge >= 0.3 is 6.09 Å². The number of carbonyl (C=O) groups is 1. The second-order valence-corrected chi connectivity index (χ2v) is 7.83. The molecule has 0 bridgehead atoms. The van der Waals surface area contributed by atoms with E-state index in [1.165, 1.54) is 4.88 Å². The third-order valence-electron chi connectivity index (χ3n) is 3.28. The zero-order chi connectivity index (χ0) is 15.5. The minimum Gasteiger partial charge on any atom is -0.444 e. The summed E-state index contributed by atoms with van der Waals surface area (Å²) in [5.41, 5.74) is -0.435. The van der Waals surface area contributed by atoms with Crippen LogP contribution in [0.2, 0.25) is 0 Å². The van der Waals surface area contributed by atoms with Crippen molar-refractivity contribution in [3.8, 4) is 0 Å². The highest BCUT2D eigenvalue weighted by molar-refractivity contribution is 7.11. The Morgan fingerprint density at radius 1 is 1.57 bits per heavy atom. The number of aryl methyl sites for hydroxylation is 1. The molecule has 1 unspecified atom stereocenters. The van der Waals surface area contributed by atoms with Crippen molar-refractivity contribution in [1.29, 1.82) is 0 Å². The van der Waals surface area contributed by atoms with Crippen molar-refractivity contribution in [3.05, 3.63) is 16.1 Å². The largest absolute Gasteiger partial charge is 0.444 e. The molecule has 0 aromatic carbocycles. The number of carbonyl (C=O) groups excluding carboxylic acids is 1. The number of hydrogen-bond donors (Lipinski definition) is 1. The second kappa shape index (κ2) is 6.75. The van der Waals surface area contributed by atoms with Gasteiger partial charge in [-0.2, -0.15) is 0 Å². The summed E-state index contributed by atoms with van der Waals surface area (Å²) >= 11 is 1.71. The third-order valence-corrected chi connectivity index (χ3v) is 4.20. The van der Waals surface area contributed by atoms with Crippen molar-refractivity contribution < 1.29 is 9.53 Å². The van der Waals surface area contributed by atoms with Crippen LogP contribution in [0.4, 0.5) is 4.79 Å². The summed E-state index contributed by atoms with van der Waals surface area (Å²) in [5, 5.41) is 4.60. The predicted molar refractivity (Wildman–Crippen MR) is 84.5 cm³/mol. The van der Waals surface area contributed by atoms with E-state index >= 15 is 0 Å². The van der Waals surface area contributed by atoms with Crippen LogP contribution in [0.1, 0.15) is 43.5 Å². The number of rotatable bonds is 3. The lowest BCUT2D eigenvalue weighted by atomic mass is 10.1. The van der Waals surface area contributed by atoms with Gasteiger partial charge in [0.25, 0.3) is 0 Å². The fourth-order valence-corrected chi connectivity index (χ4v) is 3.09. The lowest BCUT2D eigenvalue weighted by molar-refractivity contribution is 0.0187. The molecule has 0 spiro atoms. The first-order valence-electron chi connectivity index (χ1n) is 7.46. The van der Waals surface area contributed by atoms with Crippen LogP contribution in [0.25, 0.3) is 0 Å². The van der Waals surface area contributed by atoms with Gasteiger partial charge < -0.3 is 15.0 Å². The van der Waals surface area contributed by atoms with E-state index in [9.17, 15) is 4.79 Å². The highest BCUT2D eigenvalue weighted by atomic mass is 32.1. The number of ether oxygens (including phenoxy) is 1. The maximum Gasteiger partial charge on any atom is 0.410 e. The molecule has 1 saturated heterocycles. The molecule has 1 fully saturated rings. The molecule has 1 aliphatic rings. The van der Waals surface area contributed by atoms with E-state index in [1.807, 2.05) is 27.0 Å². The van der Waals surface area contributed by atoms with Gasteiger partial charge in [0.2, 0.25) is 0 Å². The number of hydrogen-bond acceptors (Lipinski definition) is 5. The number of aromatic nitrogens is 1. The maximum atomic E-state index is 12.1. The monoisotopic (exact) mass is 311 g/mol. The first-order valence-corrected chi connectivity index (χ1v) is 8.28. The first kappa shape index (κ1) is 16.2. The van der Waals surface area contributed by atoms with Gasteiger partial charge in [0.1, 0.15) is 10.6 Å². The second-order valence-electron chi connectivity index (χ2n) is 6.51. The van der Waals surface area contributed by atoms with Crippen LogP contribution >= 0.6 is 11.3 Å². The molecule has 1 aromatic rings. The molecule has 0 aliphatic carbocycles. The van der Waals surface area contributed by atoms with E-state index in [4.69, 9.17) is 4.74 Å². The number of nitrogens with one attached hydrogen (secondary N) is 1. The Labute approximate surface area is 130 Å². The fraction of sp³-hybridized carbons (Fsp3) is 0.733. The predicted octanol–water partition coefficient (Wildman–Crippen LogP) is 2.94. The highest BCUT2D eigenvalue weighted by Gasteiger charge is 2.27. The molecule has 6 heteroatoms. The van der Waals surface area contributed by atoms with Crippen LogP contribution in [0.3, 0.4) is 0 Å². The quantitative estimate of drug-likeness (QED) is 0.932. The van der Waals surface area contributed by atoms with Crippen LogP contribution in [0, 0.1) is 6.92 Å². The van der Waals surface area contributed by atoms with Gasteiger partial charge in [0.05, 0.1) is 0 Å². The van der Waals surface area contributed by atoms with E-state index in [0.717, 1.165) is 30.9 Å². The van der Waals surface area contributed by atoms with E-state index in [2.05, 4.69) is 17.2 Å². The standard InChI is InChI=1S/C15H25N3O2S/c1-11-8-17-13(21-11)9-16-12-6-5-7-18(10-12)14(19)20-15(2,3)4/h8,12,16H,5-7,9-10H2,1-4H3. The minimum absolute atomic E-state index is 0.209. The molecule has 118 valence electrons. The molecule has 0 saturated carbocycles. The van der Waals surface area contributed by atoms with Crippen LogP contribution < -0.4 is 5.32 Å². The highest BCUT2D eigenvalue weighted by Crippen LogP contribution is 2.16. The molecular formula is C15H25N3O2S. The molecular weight excluding hydrogens is 286 g/mol. The number of likely N-dealkylation sites (tertiary alicyclic amines) is 1. The molecule has 2 rings (SSSR count). The Morgan fingerprint density at radius 2 is 2.33 bits per heavy atom. The van der Waals surface area contributed by atoms with E-state index in [1.54, 1.807) is 16.2 Å². The zero-order valence-corrected chi connectivity index (χ0v) is 14.1. The molecule has 21 heavy (non-hydrogen) atoms. The maximum absolute atomic E-state index is 12.1. The van der Waals surface area contributed by atoms with Gasteiger partial charge in [-0.1, -0.05) is 0 Å².